The van der Waals surface area contributed by atoms with Gasteiger partial charge in [0.25, 0.3) is 0 Å². The molecule has 0 bridgehead atoms. The number of esters is 1. The molecule has 0 aromatic heterocycles. The third-order valence-electron chi connectivity index (χ3n) is 3.79. The van der Waals surface area contributed by atoms with Crippen LogP contribution in [0.3, 0.4) is 0 Å². The Hall–Kier alpha value is -1.93. The van der Waals surface area contributed by atoms with Crippen LogP contribution in [-0.4, -0.2) is 30.6 Å². The third kappa shape index (κ3) is 4.02. The van der Waals surface area contributed by atoms with Crippen LogP contribution in [0.1, 0.15) is 30.9 Å². The first kappa shape index (κ1) is 15.5. The molecule has 21 heavy (non-hydrogen) atoms. The second-order valence-corrected chi connectivity index (χ2v) is 5.22. The maximum absolute atomic E-state index is 13.1. The Labute approximate surface area is 124 Å². The number of ether oxygens (including phenoxy) is 1. The molecule has 1 aromatic rings. The predicted octanol–water partition coefficient (Wildman–Crippen LogP) is 2.47. The molecule has 0 saturated carbocycles. The second-order valence-electron chi connectivity index (χ2n) is 5.22. The van der Waals surface area contributed by atoms with Gasteiger partial charge < -0.3 is 4.74 Å². The summed E-state index contributed by atoms with van der Waals surface area (Å²) in [5, 5.41) is 9.05. The van der Waals surface area contributed by atoms with Crippen molar-refractivity contribution in [2.75, 3.05) is 19.7 Å². The smallest absolute Gasteiger partial charge is 0.309 e. The molecule has 0 atom stereocenters. The Kier molecular flexibility index (Phi) is 5.29. The normalized spacial score (nSPS) is 16.4. The molecular formula is C16H19FN2O2. The minimum atomic E-state index is -0.392. The van der Waals surface area contributed by atoms with Gasteiger partial charge in [0.15, 0.2) is 0 Å². The summed E-state index contributed by atoms with van der Waals surface area (Å²) in [4.78, 5) is 13.9. The first-order valence-electron chi connectivity index (χ1n) is 7.21. The van der Waals surface area contributed by atoms with Crippen LogP contribution in [0.25, 0.3) is 0 Å². The largest absolute Gasteiger partial charge is 0.466 e. The fraction of sp³-hybridized carbons (Fsp3) is 0.500. The van der Waals surface area contributed by atoms with Crippen molar-refractivity contribution in [3.63, 3.8) is 0 Å². The Bertz CT molecular complexity index is 546. The van der Waals surface area contributed by atoms with Crippen LogP contribution in [0.15, 0.2) is 18.2 Å². The molecule has 112 valence electrons. The van der Waals surface area contributed by atoms with Gasteiger partial charge in [-0.2, -0.15) is 5.26 Å². The van der Waals surface area contributed by atoms with Gasteiger partial charge in [-0.05, 0) is 50.6 Å². The van der Waals surface area contributed by atoms with Gasteiger partial charge >= 0.3 is 5.97 Å². The third-order valence-corrected chi connectivity index (χ3v) is 3.79. The van der Waals surface area contributed by atoms with E-state index >= 15 is 0 Å². The van der Waals surface area contributed by atoms with Crippen molar-refractivity contribution in [3.8, 4) is 6.07 Å². The van der Waals surface area contributed by atoms with E-state index in [2.05, 4.69) is 4.90 Å². The summed E-state index contributed by atoms with van der Waals surface area (Å²) >= 11 is 0. The van der Waals surface area contributed by atoms with E-state index in [0.717, 1.165) is 31.5 Å². The lowest BCUT2D eigenvalue weighted by molar-refractivity contribution is -0.149. The zero-order valence-corrected chi connectivity index (χ0v) is 12.1. The summed E-state index contributed by atoms with van der Waals surface area (Å²) < 4.78 is 18.2. The molecule has 1 heterocycles. The average Bonchev–Trinajstić information content (AvgIpc) is 2.50. The molecule has 4 nitrogen and oxygen atoms in total. The molecular weight excluding hydrogens is 271 g/mol. The fourth-order valence-electron chi connectivity index (χ4n) is 2.62. The van der Waals surface area contributed by atoms with Gasteiger partial charge in [-0.3, -0.25) is 9.69 Å². The molecule has 0 aliphatic carbocycles. The van der Waals surface area contributed by atoms with E-state index in [1.54, 1.807) is 6.07 Å². The number of piperidine rings is 1. The number of likely N-dealkylation sites (tertiary alicyclic amines) is 1. The summed E-state index contributed by atoms with van der Waals surface area (Å²) in [6.07, 6.45) is 1.53. The molecule has 0 unspecified atom stereocenters. The quantitative estimate of drug-likeness (QED) is 0.799. The van der Waals surface area contributed by atoms with E-state index in [1.807, 2.05) is 13.0 Å². The minimum absolute atomic E-state index is 0.0233. The summed E-state index contributed by atoms with van der Waals surface area (Å²) in [5.74, 6) is -0.530. The lowest BCUT2D eigenvalue weighted by Gasteiger charge is -2.30. The van der Waals surface area contributed by atoms with E-state index < -0.39 is 5.82 Å². The van der Waals surface area contributed by atoms with Crippen molar-refractivity contribution in [2.24, 2.45) is 5.92 Å². The molecule has 0 amide bonds. The SMILES string of the molecule is CCOC(=O)C1CCN(Cc2ccc(F)cc2C#N)CC1. The van der Waals surface area contributed by atoms with Crippen molar-refractivity contribution >= 4 is 5.97 Å². The number of benzene rings is 1. The van der Waals surface area contributed by atoms with Crippen molar-refractivity contribution in [2.45, 2.75) is 26.3 Å². The summed E-state index contributed by atoms with van der Waals surface area (Å²) in [5.41, 5.74) is 1.20. The first-order chi connectivity index (χ1) is 10.1. The summed E-state index contributed by atoms with van der Waals surface area (Å²) in [6, 6.07) is 6.33. The van der Waals surface area contributed by atoms with Crippen LogP contribution in [0.4, 0.5) is 4.39 Å². The predicted molar refractivity (Wildman–Crippen MR) is 75.7 cm³/mol. The van der Waals surface area contributed by atoms with Gasteiger partial charge in [-0.1, -0.05) is 6.07 Å². The molecule has 1 fully saturated rings. The zero-order chi connectivity index (χ0) is 15.2. The van der Waals surface area contributed by atoms with Gasteiger partial charge in [0, 0.05) is 6.54 Å². The molecule has 1 aromatic carbocycles. The maximum atomic E-state index is 13.1. The topological polar surface area (TPSA) is 53.3 Å². The molecule has 1 aliphatic heterocycles. The van der Waals surface area contributed by atoms with Gasteiger partial charge in [0.1, 0.15) is 5.82 Å². The van der Waals surface area contributed by atoms with Gasteiger partial charge in [0.2, 0.25) is 0 Å². The number of carbonyl (C=O) groups is 1. The van der Waals surface area contributed by atoms with E-state index in [1.165, 1.54) is 12.1 Å². The number of rotatable bonds is 4. The molecule has 2 rings (SSSR count). The van der Waals surface area contributed by atoms with Crippen molar-refractivity contribution < 1.29 is 13.9 Å². The number of nitrogens with zero attached hydrogens (tertiary/aromatic N) is 2. The molecule has 0 N–H and O–H groups in total. The van der Waals surface area contributed by atoms with Gasteiger partial charge in [-0.15, -0.1) is 0 Å². The maximum Gasteiger partial charge on any atom is 0.309 e. The lowest BCUT2D eigenvalue weighted by Crippen LogP contribution is -2.36. The monoisotopic (exact) mass is 290 g/mol. The van der Waals surface area contributed by atoms with Crippen LogP contribution in [0.2, 0.25) is 0 Å². The van der Waals surface area contributed by atoms with Crippen LogP contribution < -0.4 is 0 Å². The fourth-order valence-corrected chi connectivity index (χ4v) is 2.62. The highest BCUT2D eigenvalue weighted by atomic mass is 19.1. The minimum Gasteiger partial charge on any atom is -0.466 e. The summed E-state index contributed by atoms with van der Waals surface area (Å²) in [6.45, 7) is 4.40. The van der Waals surface area contributed by atoms with Crippen LogP contribution in [0, 0.1) is 23.1 Å². The van der Waals surface area contributed by atoms with Crippen LogP contribution in [-0.2, 0) is 16.1 Å². The van der Waals surface area contributed by atoms with E-state index in [-0.39, 0.29) is 11.9 Å². The van der Waals surface area contributed by atoms with Gasteiger partial charge in [0.05, 0.1) is 24.2 Å². The Morgan fingerprint density at radius 2 is 2.19 bits per heavy atom. The summed E-state index contributed by atoms with van der Waals surface area (Å²) in [7, 11) is 0. The number of hydrogen-bond donors (Lipinski definition) is 0. The standard InChI is InChI=1S/C16H19FN2O2/c1-2-21-16(20)12-5-7-19(8-6-12)11-13-3-4-15(17)9-14(13)10-18/h3-4,9,12H,2,5-8,11H2,1H3. The molecule has 0 spiro atoms. The second kappa shape index (κ2) is 7.19. The van der Waals surface area contributed by atoms with Crippen molar-refractivity contribution in [1.82, 2.24) is 4.90 Å². The Balaban J connectivity index is 1.92. The number of nitriles is 1. The molecule has 0 radical (unpaired) electrons. The number of hydrogen-bond acceptors (Lipinski definition) is 4. The molecule has 5 heteroatoms. The van der Waals surface area contributed by atoms with Crippen molar-refractivity contribution in [1.29, 1.82) is 5.26 Å². The zero-order valence-electron chi connectivity index (χ0n) is 12.1. The molecule has 1 aliphatic rings. The first-order valence-corrected chi connectivity index (χ1v) is 7.21. The van der Waals surface area contributed by atoms with Crippen molar-refractivity contribution in [3.05, 3.63) is 35.1 Å². The van der Waals surface area contributed by atoms with Crippen LogP contribution >= 0.6 is 0 Å². The van der Waals surface area contributed by atoms with Crippen LogP contribution in [0.5, 0.6) is 0 Å². The lowest BCUT2D eigenvalue weighted by atomic mass is 9.96. The average molecular weight is 290 g/mol. The highest BCUT2D eigenvalue weighted by Crippen LogP contribution is 2.21. The Morgan fingerprint density at radius 1 is 1.48 bits per heavy atom. The number of carbonyl (C=O) groups excluding carboxylic acids is 1. The highest BCUT2D eigenvalue weighted by Gasteiger charge is 2.26. The van der Waals surface area contributed by atoms with E-state index in [9.17, 15) is 9.18 Å². The number of halogens is 1. The van der Waals surface area contributed by atoms with E-state index in [0.29, 0.717) is 18.7 Å². The highest BCUT2D eigenvalue weighted by molar-refractivity contribution is 5.72. The molecule has 1 saturated heterocycles. The Morgan fingerprint density at radius 3 is 2.81 bits per heavy atom. The van der Waals surface area contributed by atoms with Gasteiger partial charge in [-0.25, -0.2) is 4.39 Å². The van der Waals surface area contributed by atoms with E-state index in [4.69, 9.17) is 10.00 Å².